The van der Waals surface area contributed by atoms with E-state index in [4.69, 9.17) is 4.74 Å². The maximum Gasteiger partial charge on any atom is 0.338 e. The number of esters is 1. The van der Waals surface area contributed by atoms with Gasteiger partial charge in [0, 0.05) is 11.8 Å². The molecular formula is C16H14N4O2. The van der Waals surface area contributed by atoms with Crippen molar-refractivity contribution >= 4 is 5.97 Å². The van der Waals surface area contributed by atoms with E-state index in [2.05, 4.69) is 20.2 Å². The number of H-pyrrole nitrogens is 1. The molecule has 0 amide bonds. The van der Waals surface area contributed by atoms with Crippen LogP contribution in [0.15, 0.2) is 48.7 Å². The monoisotopic (exact) mass is 294 g/mol. The van der Waals surface area contributed by atoms with E-state index < -0.39 is 0 Å². The summed E-state index contributed by atoms with van der Waals surface area (Å²) in [7, 11) is 0. The number of ether oxygens (including phenoxy) is 1. The second-order valence-electron chi connectivity index (χ2n) is 4.72. The summed E-state index contributed by atoms with van der Waals surface area (Å²) < 4.78 is 5.22. The second-order valence-corrected chi connectivity index (χ2v) is 4.72. The summed E-state index contributed by atoms with van der Waals surface area (Å²) >= 11 is 0. The molecule has 22 heavy (non-hydrogen) atoms. The predicted molar refractivity (Wildman–Crippen MR) is 79.9 cm³/mol. The fraction of sp³-hybridized carbons (Fsp3) is 0.125. The van der Waals surface area contributed by atoms with Gasteiger partial charge in [-0.25, -0.2) is 9.78 Å². The number of hydrogen-bond donors (Lipinski definition) is 1. The lowest BCUT2D eigenvalue weighted by atomic mass is 10.1. The third kappa shape index (κ3) is 3.17. The average molecular weight is 294 g/mol. The Hall–Kier alpha value is -3.02. The highest BCUT2D eigenvalue weighted by Gasteiger charge is 2.09. The topological polar surface area (TPSA) is 80.8 Å². The zero-order valence-electron chi connectivity index (χ0n) is 12.0. The van der Waals surface area contributed by atoms with Crippen molar-refractivity contribution in [1.29, 1.82) is 0 Å². The summed E-state index contributed by atoms with van der Waals surface area (Å²) in [5.74, 6) is 0.961. The van der Waals surface area contributed by atoms with Crippen LogP contribution >= 0.6 is 0 Å². The van der Waals surface area contributed by atoms with E-state index in [1.165, 1.54) is 0 Å². The first-order valence-electron chi connectivity index (χ1n) is 6.79. The lowest BCUT2D eigenvalue weighted by Gasteiger charge is -2.04. The molecule has 3 aromatic rings. The molecule has 3 rings (SSSR count). The van der Waals surface area contributed by atoms with Crippen molar-refractivity contribution in [3.63, 3.8) is 0 Å². The van der Waals surface area contributed by atoms with Gasteiger partial charge in [0.2, 0.25) is 0 Å². The minimum Gasteiger partial charge on any atom is -0.456 e. The Morgan fingerprint density at radius 3 is 2.64 bits per heavy atom. The van der Waals surface area contributed by atoms with Crippen molar-refractivity contribution in [2.75, 3.05) is 0 Å². The molecular weight excluding hydrogens is 280 g/mol. The molecule has 0 atom stereocenters. The van der Waals surface area contributed by atoms with Crippen molar-refractivity contribution in [1.82, 2.24) is 20.2 Å². The maximum absolute atomic E-state index is 12.0. The smallest absolute Gasteiger partial charge is 0.338 e. The van der Waals surface area contributed by atoms with Gasteiger partial charge in [0.05, 0.1) is 11.3 Å². The zero-order chi connectivity index (χ0) is 15.4. The van der Waals surface area contributed by atoms with E-state index in [0.29, 0.717) is 17.1 Å². The van der Waals surface area contributed by atoms with Crippen molar-refractivity contribution in [2.45, 2.75) is 13.5 Å². The number of nitrogens with one attached hydrogen (secondary N) is 1. The molecule has 0 spiro atoms. The van der Waals surface area contributed by atoms with Gasteiger partial charge in [-0.15, -0.1) is 0 Å². The molecule has 0 aliphatic carbocycles. The molecule has 0 aliphatic rings. The van der Waals surface area contributed by atoms with Crippen LogP contribution in [0, 0.1) is 6.92 Å². The Morgan fingerprint density at radius 2 is 2.00 bits per heavy atom. The number of rotatable bonds is 4. The number of hydrogen-bond acceptors (Lipinski definition) is 5. The molecule has 6 nitrogen and oxygen atoms in total. The fourth-order valence-corrected chi connectivity index (χ4v) is 1.93. The molecule has 2 aromatic heterocycles. The first-order chi connectivity index (χ1) is 10.7. The van der Waals surface area contributed by atoms with E-state index in [1.54, 1.807) is 30.5 Å². The van der Waals surface area contributed by atoms with Crippen LogP contribution in [0.25, 0.3) is 11.4 Å². The molecule has 0 fully saturated rings. The van der Waals surface area contributed by atoms with E-state index >= 15 is 0 Å². The molecule has 0 bridgehead atoms. The van der Waals surface area contributed by atoms with Gasteiger partial charge in [-0.1, -0.05) is 18.2 Å². The molecule has 0 radical (unpaired) electrons. The maximum atomic E-state index is 12.0. The summed E-state index contributed by atoms with van der Waals surface area (Å²) in [6, 6.07) is 12.4. The van der Waals surface area contributed by atoms with Crippen LogP contribution in [-0.2, 0) is 11.3 Å². The van der Waals surface area contributed by atoms with E-state index in [1.807, 2.05) is 25.1 Å². The van der Waals surface area contributed by atoms with Crippen molar-refractivity contribution in [3.8, 4) is 11.4 Å². The second kappa shape index (κ2) is 6.17. The van der Waals surface area contributed by atoms with Gasteiger partial charge in [0.15, 0.2) is 5.82 Å². The van der Waals surface area contributed by atoms with Crippen molar-refractivity contribution < 1.29 is 9.53 Å². The highest BCUT2D eigenvalue weighted by atomic mass is 16.5. The fourth-order valence-electron chi connectivity index (χ4n) is 1.93. The molecule has 1 aromatic carbocycles. The first-order valence-corrected chi connectivity index (χ1v) is 6.79. The molecule has 0 saturated carbocycles. The number of aromatic nitrogens is 4. The van der Waals surface area contributed by atoms with Crippen LogP contribution < -0.4 is 0 Å². The normalized spacial score (nSPS) is 10.4. The predicted octanol–water partition coefficient (Wildman–Crippen LogP) is 2.53. The number of carbonyl (C=O) groups is 1. The highest BCUT2D eigenvalue weighted by molar-refractivity contribution is 5.89. The summed E-state index contributed by atoms with van der Waals surface area (Å²) in [4.78, 5) is 20.3. The standard InChI is InChI=1S/C16H14N4O2/c1-11-18-15(20-19-11)12-5-7-13(8-6-12)16(21)22-10-14-4-2-3-9-17-14/h2-9H,10H2,1H3,(H,18,19,20). The lowest BCUT2D eigenvalue weighted by molar-refractivity contribution is 0.0468. The van der Waals surface area contributed by atoms with E-state index in [9.17, 15) is 4.79 Å². The molecule has 1 N–H and O–H groups in total. The molecule has 6 heteroatoms. The van der Waals surface area contributed by atoms with Gasteiger partial charge in [0.1, 0.15) is 12.4 Å². The van der Waals surface area contributed by atoms with E-state index in [0.717, 1.165) is 11.4 Å². The Balaban J connectivity index is 1.66. The number of aromatic amines is 1. The van der Waals surface area contributed by atoms with Gasteiger partial charge in [-0.3, -0.25) is 10.1 Å². The molecule has 0 unspecified atom stereocenters. The average Bonchev–Trinajstić information content (AvgIpc) is 3.00. The Bertz CT molecular complexity index is 766. The van der Waals surface area contributed by atoms with E-state index in [-0.39, 0.29) is 12.6 Å². The first kappa shape index (κ1) is 13.9. The van der Waals surface area contributed by atoms with Gasteiger partial charge in [-0.05, 0) is 31.2 Å². The summed E-state index contributed by atoms with van der Waals surface area (Å²) in [6.07, 6.45) is 1.66. The highest BCUT2D eigenvalue weighted by Crippen LogP contribution is 2.16. The number of carbonyl (C=O) groups excluding carboxylic acids is 1. The SMILES string of the molecule is Cc1nc(-c2ccc(C(=O)OCc3ccccn3)cc2)n[nH]1. The largest absolute Gasteiger partial charge is 0.456 e. The Morgan fingerprint density at radius 1 is 1.18 bits per heavy atom. The molecule has 110 valence electrons. The third-order valence-electron chi connectivity index (χ3n) is 3.05. The molecule has 2 heterocycles. The van der Waals surface area contributed by atoms with Crippen molar-refractivity contribution in [3.05, 3.63) is 65.7 Å². The Kier molecular flexibility index (Phi) is 3.91. The Labute approximate surface area is 127 Å². The quantitative estimate of drug-likeness (QED) is 0.748. The third-order valence-corrected chi connectivity index (χ3v) is 3.05. The molecule has 0 saturated heterocycles. The van der Waals surface area contributed by atoms with Crippen molar-refractivity contribution in [2.24, 2.45) is 0 Å². The van der Waals surface area contributed by atoms with Gasteiger partial charge in [0.25, 0.3) is 0 Å². The number of aryl methyl sites for hydroxylation is 1. The number of benzene rings is 1. The summed E-state index contributed by atoms with van der Waals surface area (Å²) in [5.41, 5.74) is 2.03. The zero-order valence-corrected chi connectivity index (χ0v) is 12.0. The summed E-state index contributed by atoms with van der Waals surface area (Å²) in [5, 5.41) is 6.86. The molecule has 0 aliphatic heterocycles. The van der Waals surface area contributed by atoms with Crippen LogP contribution in [0.2, 0.25) is 0 Å². The minimum atomic E-state index is -0.386. The van der Waals surface area contributed by atoms with Crippen LogP contribution in [0.5, 0.6) is 0 Å². The number of nitrogens with zero attached hydrogens (tertiary/aromatic N) is 3. The van der Waals surface area contributed by atoms with Gasteiger partial charge in [-0.2, -0.15) is 5.10 Å². The lowest BCUT2D eigenvalue weighted by Crippen LogP contribution is -2.05. The van der Waals surface area contributed by atoms with Crippen LogP contribution in [0.1, 0.15) is 21.9 Å². The summed E-state index contributed by atoms with van der Waals surface area (Å²) in [6.45, 7) is 1.99. The van der Waals surface area contributed by atoms with Crippen LogP contribution in [-0.4, -0.2) is 26.1 Å². The van der Waals surface area contributed by atoms with Crippen LogP contribution in [0.4, 0.5) is 0 Å². The van der Waals surface area contributed by atoms with Crippen LogP contribution in [0.3, 0.4) is 0 Å². The van der Waals surface area contributed by atoms with Gasteiger partial charge >= 0.3 is 5.97 Å². The van der Waals surface area contributed by atoms with Gasteiger partial charge < -0.3 is 4.74 Å². The minimum absolute atomic E-state index is 0.154. The number of pyridine rings is 1.